The minimum Gasteiger partial charge on any atom is -0.480 e. The molecule has 2 N–H and O–H groups in total. The first-order valence-electron chi connectivity index (χ1n) is 6.05. The highest BCUT2D eigenvalue weighted by Crippen LogP contribution is 2.29. The monoisotopic (exact) mass is 284 g/mol. The summed E-state index contributed by atoms with van der Waals surface area (Å²) < 4.78 is 0. The maximum absolute atomic E-state index is 12.2. The number of urea groups is 1. The second-order valence-corrected chi connectivity index (χ2v) is 5.93. The minimum atomic E-state index is -1.15. The normalized spacial score (nSPS) is 23.2. The number of aliphatic carboxylic acids is 1. The maximum atomic E-state index is 12.2. The Labute approximate surface area is 114 Å². The van der Waals surface area contributed by atoms with Crippen LogP contribution in [0.3, 0.4) is 0 Å². The maximum Gasteiger partial charge on any atom is 0.329 e. The molecule has 1 fully saturated rings. The van der Waals surface area contributed by atoms with E-state index in [1.165, 1.54) is 16.2 Å². The lowest BCUT2D eigenvalue weighted by molar-refractivity contribution is -0.150. The number of carboxylic acids is 1. The Bertz CT molecular complexity index is 504. The molecule has 0 bridgehead atoms. The van der Waals surface area contributed by atoms with Gasteiger partial charge in [-0.25, -0.2) is 9.59 Å². The van der Waals surface area contributed by atoms with Crippen molar-refractivity contribution < 1.29 is 14.7 Å². The summed E-state index contributed by atoms with van der Waals surface area (Å²) in [4.78, 5) is 25.0. The van der Waals surface area contributed by atoms with Gasteiger partial charge in [-0.3, -0.25) is 5.32 Å². The van der Waals surface area contributed by atoms with Crippen molar-refractivity contribution >= 4 is 28.5 Å². The number of rotatable bonds is 2. The Morgan fingerprint density at radius 1 is 1.42 bits per heavy atom. The van der Waals surface area contributed by atoms with Gasteiger partial charge in [-0.2, -0.15) is 0 Å². The average molecular weight is 284 g/mol. The summed E-state index contributed by atoms with van der Waals surface area (Å²) in [5, 5.41) is 20.7. The van der Waals surface area contributed by atoms with Crippen LogP contribution in [0.15, 0.2) is 0 Å². The van der Waals surface area contributed by atoms with Crippen LogP contribution in [0.2, 0.25) is 0 Å². The van der Waals surface area contributed by atoms with Crippen molar-refractivity contribution in [1.29, 1.82) is 0 Å². The molecule has 7 nitrogen and oxygen atoms in total. The van der Waals surface area contributed by atoms with Crippen molar-refractivity contribution in [3.05, 3.63) is 5.01 Å². The first kappa shape index (κ1) is 13.7. The number of carbonyl (C=O) groups is 2. The second-order valence-electron chi connectivity index (χ2n) is 4.74. The fraction of sp³-hybridized carbons (Fsp3) is 0.636. The number of nitrogens with one attached hydrogen (secondary N) is 1. The third-order valence-corrected chi connectivity index (χ3v) is 4.09. The first-order valence-corrected chi connectivity index (χ1v) is 6.87. The molecule has 0 radical (unpaired) electrons. The van der Waals surface area contributed by atoms with E-state index in [9.17, 15) is 14.7 Å². The van der Waals surface area contributed by atoms with Gasteiger partial charge in [0.2, 0.25) is 5.13 Å². The van der Waals surface area contributed by atoms with E-state index in [4.69, 9.17) is 0 Å². The molecular weight excluding hydrogens is 268 g/mol. The van der Waals surface area contributed by atoms with E-state index >= 15 is 0 Å². The van der Waals surface area contributed by atoms with Crippen molar-refractivity contribution in [1.82, 2.24) is 15.1 Å². The highest BCUT2D eigenvalue weighted by molar-refractivity contribution is 7.15. The zero-order valence-corrected chi connectivity index (χ0v) is 11.7. The van der Waals surface area contributed by atoms with E-state index in [0.717, 1.165) is 17.8 Å². The third kappa shape index (κ3) is 2.67. The van der Waals surface area contributed by atoms with E-state index in [2.05, 4.69) is 15.5 Å². The van der Waals surface area contributed by atoms with Crippen LogP contribution < -0.4 is 5.32 Å². The molecule has 1 aromatic rings. The SMILES string of the molecule is Cc1nnc(NC(=O)N2CCCCC2(C)C(=O)O)s1. The number of aromatic nitrogens is 2. The van der Waals surface area contributed by atoms with Crippen LogP contribution in [0.4, 0.5) is 9.93 Å². The number of aryl methyl sites for hydroxylation is 1. The van der Waals surface area contributed by atoms with Gasteiger partial charge in [-0.1, -0.05) is 11.3 Å². The molecule has 1 saturated heterocycles. The molecule has 19 heavy (non-hydrogen) atoms. The molecule has 2 amide bonds. The number of anilines is 1. The summed E-state index contributed by atoms with van der Waals surface area (Å²) in [6, 6.07) is -0.430. The molecular formula is C11H16N4O3S. The molecule has 1 unspecified atom stereocenters. The Hall–Kier alpha value is -1.70. The fourth-order valence-electron chi connectivity index (χ4n) is 2.17. The third-order valence-electron chi connectivity index (χ3n) is 3.34. The highest BCUT2D eigenvalue weighted by atomic mass is 32.1. The zero-order chi connectivity index (χ0) is 14.0. The molecule has 1 atom stereocenters. The summed E-state index contributed by atoms with van der Waals surface area (Å²) in [5.41, 5.74) is -1.15. The van der Waals surface area contributed by atoms with Crippen LogP contribution in [-0.2, 0) is 4.79 Å². The number of hydrogen-bond donors (Lipinski definition) is 2. The lowest BCUT2D eigenvalue weighted by Gasteiger charge is -2.41. The van der Waals surface area contributed by atoms with Gasteiger partial charge in [0.1, 0.15) is 10.5 Å². The van der Waals surface area contributed by atoms with Gasteiger partial charge in [0.05, 0.1) is 0 Å². The zero-order valence-electron chi connectivity index (χ0n) is 10.8. The van der Waals surface area contributed by atoms with Crippen molar-refractivity contribution in [3.63, 3.8) is 0 Å². The summed E-state index contributed by atoms with van der Waals surface area (Å²) in [7, 11) is 0. The van der Waals surface area contributed by atoms with E-state index in [1.54, 1.807) is 13.8 Å². The topological polar surface area (TPSA) is 95.4 Å². The van der Waals surface area contributed by atoms with E-state index in [-0.39, 0.29) is 0 Å². The van der Waals surface area contributed by atoms with Gasteiger partial charge in [0, 0.05) is 6.54 Å². The Morgan fingerprint density at radius 2 is 2.16 bits per heavy atom. The number of nitrogens with zero attached hydrogens (tertiary/aromatic N) is 3. The predicted molar refractivity (Wildman–Crippen MR) is 70.3 cm³/mol. The smallest absolute Gasteiger partial charge is 0.329 e. The molecule has 1 aliphatic rings. The standard InChI is InChI=1S/C11H16N4O3S/c1-7-13-14-9(19-7)12-10(18)15-6-4-3-5-11(15,2)8(16)17/h3-6H2,1-2H3,(H,16,17)(H,12,14,18). The van der Waals surface area contributed by atoms with Crippen LogP contribution in [0.5, 0.6) is 0 Å². The van der Waals surface area contributed by atoms with Crippen LogP contribution in [0.1, 0.15) is 31.2 Å². The summed E-state index contributed by atoms with van der Waals surface area (Å²) in [5.74, 6) is -0.976. The molecule has 2 rings (SSSR count). The van der Waals surface area contributed by atoms with Crippen LogP contribution in [0.25, 0.3) is 0 Å². The Balaban J connectivity index is 2.14. The summed E-state index contributed by atoms with van der Waals surface area (Å²) in [6.45, 7) is 3.81. The lowest BCUT2D eigenvalue weighted by Crippen LogP contribution is -2.58. The van der Waals surface area contributed by atoms with Crippen molar-refractivity contribution in [2.75, 3.05) is 11.9 Å². The minimum absolute atomic E-state index is 0.390. The molecule has 0 aliphatic carbocycles. The van der Waals surface area contributed by atoms with Gasteiger partial charge in [-0.05, 0) is 33.1 Å². The molecule has 0 spiro atoms. The molecule has 2 heterocycles. The number of amides is 2. The van der Waals surface area contributed by atoms with Gasteiger partial charge >= 0.3 is 12.0 Å². The number of carboxylic acid groups (broad SMARTS) is 1. The molecule has 8 heteroatoms. The van der Waals surface area contributed by atoms with E-state index in [0.29, 0.717) is 18.1 Å². The molecule has 1 aliphatic heterocycles. The Kier molecular flexibility index (Phi) is 3.70. The quantitative estimate of drug-likeness (QED) is 0.862. The van der Waals surface area contributed by atoms with Crippen LogP contribution >= 0.6 is 11.3 Å². The fourth-order valence-corrected chi connectivity index (χ4v) is 2.76. The van der Waals surface area contributed by atoms with Crippen LogP contribution in [0, 0.1) is 6.92 Å². The average Bonchev–Trinajstić information content (AvgIpc) is 2.75. The first-order chi connectivity index (χ1) is 8.93. The van der Waals surface area contributed by atoms with E-state index in [1.807, 2.05) is 0 Å². The van der Waals surface area contributed by atoms with Crippen molar-refractivity contribution in [2.45, 2.75) is 38.6 Å². The van der Waals surface area contributed by atoms with Crippen molar-refractivity contribution in [3.8, 4) is 0 Å². The molecule has 0 saturated carbocycles. The number of likely N-dealkylation sites (tertiary alicyclic amines) is 1. The molecule has 0 aromatic carbocycles. The van der Waals surface area contributed by atoms with E-state index < -0.39 is 17.5 Å². The number of hydrogen-bond acceptors (Lipinski definition) is 5. The molecule has 1 aromatic heterocycles. The summed E-state index contributed by atoms with van der Waals surface area (Å²) in [6.07, 6.45) is 2.08. The predicted octanol–water partition coefficient (Wildman–Crippen LogP) is 1.71. The number of carbonyl (C=O) groups excluding carboxylic acids is 1. The van der Waals surface area contributed by atoms with Gasteiger partial charge < -0.3 is 10.0 Å². The van der Waals surface area contributed by atoms with Gasteiger partial charge in [-0.15, -0.1) is 10.2 Å². The summed E-state index contributed by atoms with van der Waals surface area (Å²) >= 11 is 1.26. The molecule has 104 valence electrons. The Morgan fingerprint density at radius 3 is 2.74 bits per heavy atom. The number of piperidine rings is 1. The largest absolute Gasteiger partial charge is 0.480 e. The van der Waals surface area contributed by atoms with Gasteiger partial charge in [0.15, 0.2) is 0 Å². The lowest BCUT2D eigenvalue weighted by atomic mass is 9.89. The highest BCUT2D eigenvalue weighted by Gasteiger charge is 2.44. The van der Waals surface area contributed by atoms with Gasteiger partial charge in [0.25, 0.3) is 0 Å². The second kappa shape index (κ2) is 5.12. The van der Waals surface area contributed by atoms with Crippen molar-refractivity contribution in [2.24, 2.45) is 0 Å². The van der Waals surface area contributed by atoms with Crippen LogP contribution in [-0.4, -0.2) is 44.3 Å².